The van der Waals surface area contributed by atoms with Crippen LogP contribution < -0.4 is 5.32 Å². The van der Waals surface area contributed by atoms with Gasteiger partial charge >= 0.3 is 0 Å². The van der Waals surface area contributed by atoms with Crippen LogP contribution in [0, 0.1) is 12.8 Å². The van der Waals surface area contributed by atoms with Crippen LogP contribution in [-0.4, -0.2) is 23.3 Å². The third-order valence-corrected chi connectivity index (χ3v) is 4.73. The van der Waals surface area contributed by atoms with Crippen molar-refractivity contribution in [3.63, 3.8) is 0 Å². The molecule has 0 aromatic carbocycles. The second-order valence-electron chi connectivity index (χ2n) is 5.98. The molecule has 3 unspecified atom stereocenters. The van der Waals surface area contributed by atoms with Crippen molar-refractivity contribution in [2.24, 2.45) is 5.92 Å². The average molecular weight is 249 g/mol. The summed E-state index contributed by atoms with van der Waals surface area (Å²) in [6.07, 6.45) is 6.37. The first-order chi connectivity index (χ1) is 8.67. The van der Waals surface area contributed by atoms with Crippen LogP contribution in [0.4, 0.5) is 0 Å². The molecular weight excluding hydrogens is 226 g/mol. The summed E-state index contributed by atoms with van der Waals surface area (Å²) < 4.78 is 5.68. The van der Waals surface area contributed by atoms with Crippen LogP contribution in [0.15, 0.2) is 16.5 Å². The second kappa shape index (κ2) is 4.71. The highest BCUT2D eigenvalue weighted by Gasteiger charge is 2.45. The lowest BCUT2D eigenvalue weighted by molar-refractivity contribution is -0.0855. The van der Waals surface area contributed by atoms with Gasteiger partial charge in [0.05, 0.1) is 5.60 Å². The molecule has 100 valence electrons. The molecule has 3 heteroatoms. The van der Waals surface area contributed by atoms with Crippen LogP contribution in [0.5, 0.6) is 0 Å². The molecular formula is C15H23NO2. The Morgan fingerprint density at radius 3 is 3.06 bits per heavy atom. The molecule has 2 heterocycles. The van der Waals surface area contributed by atoms with Gasteiger partial charge < -0.3 is 14.8 Å². The minimum absolute atomic E-state index is 0.370. The van der Waals surface area contributed by atoms with Gasteiger partial charge in [-0.3, -0.25) is 0 Å². The Morgan fingerprint density at radius 2 is 2.28 bits per heavy atom. The van der Waals surface area contributed by atoms with Crippen LogP contribution >= 0.6 is 0 Å². The zero-order chi connectivity index (χ0) is 12.6. The van der Waals surface area contributed by atoms with Crippen LogP contribution in [0.3, 0.4) is 0 Å². The van der Waals surface area contributed by atoms with Crippen LogP contribution in [0.2, 0.25) is 0 Å². The van der Waals surface area contributed by atoms with Gasteiger partial charge in [-0.15, -0.1) is 0 Å². The van der Waals surface area contributed by atoms with E-state index in [2.05, 4.69) is 11.4 Å². The Morgan fingerprint density at radius 1 is 1.39 bits per heavy atom. The molecule has 0 radical (unpaired) electrons. The Kier molecular flexibility index (Phi) is 3.20. The molecule has 2 N–H and O–H groups in total. The van der Waals surface area contributed by atoms with Crippen LogP contribution in [0.25, 0.3) is 0 Å². The zero-order valence-corrected chi connectivity index (χ0v) is 11.1. The van der Waals surface area contributed by atoms with Crippen molar-refractivity contribution >= 4 is 0 Å². The van der Waals surface area contributed by atoms with E-state index < -0.39 is 5.60 Å². The van der Waals surface area contributed by atoms with Gasteiger partial charge in [-0.25, -0.2) is 0 Å². The molecule has 3 atom stereocenters. The van der Waals surface area contributed by atoms with Gasteiger partial charge in [-0.1, -0.05) is 12.8 Å². The quantitative estimate of drug-likeness (QED) is 0.846. The molecule has 1 aromatic heterocycles. The Hall–Kier alpha value is -0.800. The van der Waals surface area contributed by atoms with Gasteiger partial charge in [-0.05, 0) is 44.9 Å². The molecule has 1 saturated carbocycles. The normalized spacial score (nSPS) is 36.3. The fraction of sp³-hybridized carbons (Fsp3) is 0.733. The highest BCUT2D eigenvalue weighted by atomic mass is 16.3. The highest BCUT2D eigenvalue weighted by Crippen LogP contribution is 2.41. The zero-order valence-electron chi connectivity index (χ0n) is 11.1. The molecule has 3 nitrogen and oxygen atoms in total. The topological polar surface area (TPSA) is 45.4 Å². The first kappa shape index (κ1) is 12.2. The van der Waals surface area contributed by atoms with Gasteiger partial charge in [0, 0.05) is 18.4 Å². The molecule has 1 aromatic rings. The van der Waals surface area contributed by atoms with Gasteiger partial charge in [0.15, 0.2) is 0 Å². The standard InChI is InChI=1S/C15H23NO2/c1-11-5-6-12(18-11)10-14-13-4-2-3-7-15(13,17)8-9-16-14/h5-6,13-14,16-17H,2-4,7-10H2,1H3. The monoisotopic (exact) mass is 249 g/mol. The van der Waals surface area contributed by atoms with E-state index in [0.29, 0.717) is 12.0 Å². The van der Waals surface area contributed by atoms with Gasteiger partial charge in [-0.2, -0.15) is 0 Å². The van der Waals surface area contributed by atoms with Crippen LogP contribution in [0.1, 0.15) is 43.6 Å². The van der Waals surface area contributed by atoms with E-state index in [0.717, 1.165) is 43.7 Å². The number of hydrogen-bond acceptors (Lipinski definition) is 3. The van der Waals surface area contributed by atoms with Crippen molar-refractivity contribution < 1.29 is 9.52 Å². The van der Waals surface area contributed by atoms with Crippen molar-refractivity contribution in [2.75, 3.05) is 6.54 Å². The predicted octanol–water partition coefficient (Wildman–Crippen LogP) is 2.41. The Labute approximate surface area is 109 Å². The summed E-state index contributed by atoms with van der Waals surface area (Å²) in [5, 5.41) is 14.4. The molecule has 0 bridgehead atoms. The van der Waals surface area contributed by atoms with E-state index >= 15 is 0 Å². The SMILES string of the molecule is Cc1ccc(CC2NCCC3(O)CCCCC23)o1. The number of hydrogen-bond donors (Lipinski definition) is 2. The summed E-state index contributed by atoms with van der Waals surface area (Å²) in [6, 6.07) is 4.45. The number of fused-ring (bicyclic) bond motifs is 1. The summed E-state index contributed by atoms with van der Waals surface area (Å²) in [7, 11) is 0. The Bertz CT molecular complexity index is 410. The van der Waals surface area contributed by atoms with Crippen molar-refractivity contribution in [3.05, 3.63) is 23.7 Å². The van der Waals surface area contributed by atoms with Crippen molar-refractivity contribution in [2.45, 2.75) is 57.1 Å². The lowest BCUT2D eigenvalue weighted by Gasteiger charge is -2.48. The number of nitrogens with one attached hydrogen (secondary N) is 1. The fourth-order valence-electron chi connectivity index (χ4n) is 3.78. The van der Waals surface area contributed by atoms with Gasteiger partial charge in [0.1, 0.15) is 11.5 Å². The molecule has 0 spiro atoms. The molecule has 0 amide bonds. The van der Waals surface area contributed by atoms with Crippen molar-refractivity contribution in [1.29, 1.82) is 0 Å². The average Bonchev–Trinajstić information content (AvgIpc) is 2.74. The minimum atomic E-state index is -0.421. The van der Waals surface area contributed by atoms with Gasteiger partial charge in [0.2, 0.25) is 0 Å². The maximum absolute atomic E-state index is 10.8. The van der Waals surface area contributed by atoms with E-state index in [1.807, 2.05) is 13.0 Å². The summed E-state index contributed by atoms with van der Waals surface area (Å²) in [6.45, 7) is 2.91. The number of furan rings is 1. The second-order valence-corrected chi connectivity index (χ2v) is 5.98. The fourth-order valence-corrected chi connectivity index (χ4v) is 3.78. The third kappa shape index (κ3) is 2.21. The molecule has 2 aliphatic rings. The minimum Gasteiger partial charge on any atom is -0.466 e. The summed E-state index contributed by atoms with van der Waals surface area (Å²) >= 11 is 0. The molecule has 1 aliphatic heterocycles. The number of aryl methyl sites for hydroxylation is 1. The largest absolute Gasteiger partial charge is 0.466 e. The molecule has 1 aliphatic carbocycles. The van der Waals surface area contributed by atoms with Crippen molar-refractivity contribution in [1.82, 2.24) is 5.32 Å². The summed E-state index contributed by atoms with van der Waals surface area (Å²) in [4.78, 5) is 0. The van der Waals surface area contributed by atoms with Crippen LogP contribution in [-0.2, 0) is 6.42 Å². The van der Waals surface area contributed by atoms with E-state index in [9.17, 15) is 5.11 Å². The molecule has 2 fully saturated rings. The van der Waals surface area contributed by atoms with Gasteiger partial charge in [0.25, 0.3) is 0 Å². The smallest absolute Gasteiger partial charge is 0.105 e. The third-order valence-electron chi connectivity index (χ3n) is 4.73. The lowest BCUT2D eigenvalue weighted by Crippen LogP contribution is -2.58. The number of rotatable bonds is 2. The maximum Gasteiger partial charge on any atom is 0.105 e. The summed E-state index contributed by atoms with van der Waals surface area (Å²) in [5.41, 5.74) is -0.421. The Balaban J connectivity index is 1.74. The molecule has 18 heavy (non-hydrogen) atoms. The van der Waals surface area contributed by atoms with E-state index in [1.54, 1.807) is 0 Å². The van der Waals surface area contributed by atoms with E-state index in [-0.39, 0.29) is 0 Å². The highest BCUT2D eigenvalue weighted by molar-refractivity contribution is 5.10. The number of aliphatic hydroxyl groups is 1. The molecule has 1 saturated heterocycles. The van der Waals surface area contributed by atoms with E-state index in [1.165, 1.54) is 12.8 Å². The first-order valence-corrected chi connectivity index (χ1v) is 7.18. The number of piperidine rings is 1. The maximum atomic E-state index is 10.8. The predicted molar refractivity (Wildman–Crippen MR) is 70.5 cm³/mol. The lowest BCUT2D eigenvalue weighted by atomic mass is 9.67. The van der Waals surface area contributed by atoms with Crippen molar-refractivity contribution in [3.8, 4) is 0 Å². The first-order valence-electron chi connectivity index (χ1n) is 7.18. The summed E-state index contributed by atoms with van der Waals surface area (Å²) in [5.74, 6) is 2.41. The molecule has 3 rings (SSSR count). The van der Waals surface area contributed by atoms with E-state index in [4.69, 9.17) is 4.42 Å².